The SMILES string of the molecule is CCCc1nc(NC)c(C)c(Nc2ccc(C)c(C)c2)n1. The molecule has 0 aliphatic heterocycles. The highest BCUT2D eigenvalue weighted by Crippen LogP contribution is 2.24. The minimum Gasteiger partial charge on any atom is -0.373 e. The van der Waals surface area contributed by atoms with Crippen molar-refractivity contribution in [2.24, 2.45) is 0 Å². The molecule has 4 heteroatoms. The van der Waals surface area contributed by atoms with E-state index in [1.54, 1.807) is 0 Å². The van der Waals surface area contributed by atoms with E-state index in [2.05, 4.69) is 59.6 Å². The monoisotopic (exact) mass is 284 g/mol. The predicted octanol–water partition coefficient (Wildman–Crippen LogP) is 4.14. The number of nitrogens with one attached hydrogen (secondary N) is 2. The van der Waals surface area contributed by atoms with Gasteiger partial charge in [-0.3, -0.25) is 0 Å². The third-order valence-electron chi connectivity index (χ3n) is 3.67. The van der Waals surface area contributed by atoms with E-state index in [9.17, 15) is 0 Å². The van der Waals surface area contributed by atoms with Crippen LogP contribution < -0.4 is 10.6 Å². The van der Waals surface area contributed by atoms with Crippen LogP contribution in [0.15, 0.2) is 18.2 Å². The van der Waals surface area contributed by atoms with Crippen molar-refractivity contribution in [3.63, 3.8) is 0 Å². The lowest BCUT2D eigenvalue weighted by Crippen LogP contribution is -2.07. The first-order chi connectivity index (χ1) is 10.0. The van der Waals surface area contributed by atoms with Gasteiger partial charge in [0, 0.05) is 24.7 Å². The summed E-state index contributed by atoms with van der Waals surface area (Å²) in [6, 6.07) is 6.36. The summed E-state index contributed by atoms with van der Waals surface area (Å²) in [5.74, 6) is 2.64. The van der Waals surface area contributed by atoms with Crippen molar-refractivity contribution >= 4 is 17.3 Å². The third kappa shape index (κ3) is 3.51. The summed E-state index contributed by atoms with van der Waals surface area (Å²) in [6.45, 7) is 8.41. The second-order valence-electron chi connectivity index (χ2n) is 5.39. The molecule has 0 unspecified atom stereocenters. The molecule has 1 heterocycles. The van der Waals surface area contributed by atoms with Gasteiger partial charge in [-0.15, -0.1) is 0 Å². The molecular formula is C17H24N4. The van der Waals surface area contributed by atoms with Crippen LogP contribution in [0.2, 0.25) is 0 Å². The van der Waals surface area contributed by atoms with Gasteiger partial charge in [0.15, 0.2) is 0 Å². The van der Waals surface area contributed by atoms with Crippen LogP contribution in [0.1, 0.15) is 35.9 Å². The lowest BCUT2D eigenvalue weighted by molar-refractivity contribution is 0.835. The molecule has 4 nitrogen and oxygen atoms in total. The molecule has 0 atom stereocenters. The standard InChI is InChI=1S/C17H24N4/c1-6-7-15-20-16(18-5)13(4)17(21-15)19-14-9-8-11(2)12(3)10-14/h8-10H,6-7H2,1-5H3,(H2,18,19,20,21). The molecule has 0 aliphatic rings. The fourth-order valence-corrected chi connectivity index (χ4v) is 2.22. The Labute approximate surface area is 127 Å². The smallest absolute Gasteiger partial charge is 0.139 e. The second-order valence-corrected chi connectivity index (χ2v) is 5.39. The molecule has 2 aromatic rings. The van der Waals surface area contributed by atoms with E-state index in [0.717, 1.165) is 41.6 Å². The number of aryl methyl sites for hydroxylation is 3. The first-order valence-corrected chi connectivity index (χ1v) is 7.44. The normalized spacial score (nSPS) is 10.5. The van der Waals surface area contributed by atoms with Crippen molar-refractivity contribution in [3.05, 3.63) is 40.7 Å². The molecule has 112 valence electrons. The van der Waals surface area contributed by atoms with Gasteiger partial charge in [-0.05, 0) is 50.5 Å². The molecule has 21 heavy (non-hydrogen) atoms. The minimum atomic E-state index is 0.874. The molecule has 0 fully saturated rings. The maximum absolute atomic E-state index is 4.66. The molecule has 0 aliphatic carbocycles. The van der Waals surface area contributed by atoms with Crippen molar-refractivity contribution in [1.29, 1.82) is 0 Å². The first kappa shape index (κ1) is 15.3. The van der Waals surface area contributed by atoms with Crippen molar-refractivity contribution in [2.45, 2.75) is 40.5 Å². The van der Waals surface area contributed by atoms with Gasteiger partial charge < -0.3 is 10.6 Å². The molecule has 1 aromatic carbocycles. The summed E-state index contributed by atoms with van der Waals surface area (Å²) in [4.78, 5) is 9.21. The molecule has 0 spiro atoms. The molecule has 0 bridgehead atoms. The Hall–Kier alpha value is -2.10. The Balaban J connectivity index is 2.37. The Morgan fingerprint density at radius 1 is 1.00 bits per heavy atom. The largest absolute Gasteiger partial charge is 0.373 e. The van der Waals surface area contributed by atoms with Gasteiger partial charge in [0.25, 0.3) is 0 Å². The van der Waals surface area contributed by atoms with Gasteiger partial charge in [-0.25, -0.2) is 9.97 Å². The molecule has 2 rings (SSSR count). The van der Waals surface area contributed by atoms with E-state index in [-0.39, 0.29) is 0 Å². The summed E-state index contributed by atoms with van der Waals surface area (Å²) in [7, 11) is 1.89. The van der Waals surface area contributed by atoms with Crippen molar-refractivity contribution in [3.8, 4) is 0 Å². The molecule has 0 saturated heterocycles. The highest BCUT2D eigenvalue weighted by atomic mass is 15.1. The van der Waals surface area contributed by atoms with Crippen molar-refractivity contribution in [1.82, 2.24) is 9.97 Å². The molecule has 1 aromatic heterocycles. The number of rotatable bonds is 5. The zero-order valence-corrected chi connectivity index (χ0v) is 13.5. The lowest BCUT2D eigenvalue weighted by atomic mass is 10.1. The Kier molecular flexibility index (Phi) is 4.78. The van der Waals surface area contributed by atoms with Crippen LogP contribution >= 0.6 is 0 Å². The highest BCUT2D eigenvalue weighted by molar-refractivity contribution is 5.65. The molecule has 2 N–H and O–H groups in total. The van der Waals surface area contributed by atoms with Gasteiger partial charge in [0.1, 0.15) is 17.5 Å². The first-order valence-electron chi connectivity index (χ1n) is 7.44. The van der Waals surface area contributed by atoms with E-state index in [1.165, 1.54) is 11.1 Å². The number of aromatic nitrogens is 2. The van der Waals surface area contributed by atoms with Gasteiger partial charge in [-0.1, -0.05) is 13.0 Å². The highest BCUT2D eigenvalue weighted by Gasteiger charge is 2.10. The van der Waals surface area contributed by atoms with Gasteiger partial charge in [-0.2, -0.15) is 0 Å². The maximum Gasteiger partial charge on any atom is 0.139 e. The fourth-order valence-electron chi connectivity index (χ4n) is 2.22. The Morgan fingerprint density at radius 3 is 2.33 bits per heavy atom. The van der Waals surface area contributed by atoms with Crippen LogP contribution in [0, 0.1) is 20.8 Å². The van der Waals surface area contributed by atoms with Crippen LogP contribution in [0.25, 0.3) is 0 Å². The van der Waals surface area contributed by atoms with Crippen molar-refractivity contribution in [2.75, 3.05) is 17.7 Å². The quantitative estimate of drug-likeness (QED) is 0.866. The predicted molar refractivity (Wildman–Crippen MR) is 89.5 cm³/mol. The average molecular weight is 284 g/mol. The van der Waals surface area contributed by atoms with E-state index in [1.807, 2.05) is 14.0 Å². The second kappa shape index (κ2) is 6.57. The maximum atomic E-state index is 4.66. The van der Waals surface area contributed by atoms with E-state index in [0.29, 0.717) is 0 Å². The number of hydrogen-bond acceptors (Lipinski definition) is 4. The minimum absolute atomic E-state index is 0.874. The lowest BCUT2D eigenvalue weighted by Gasteiger charge is -2.14. The van der Waals surface area contributed by atoms with Crippen molar-refractivity contribution < 1.29 is 0 Å². The zero-order chi connectivity index (χ0) is 15.4. The molecule has 0 amide bonds. The molecule has 0 saturated carbocycles. The summed E-state index contributed by atoms with van der Waals surface area (Å²) in [5.41, 5.74) is 4.66. The summed E-state index contributed by atoms with van der Waals surface area (Å²) >= 11 is 0. The van der Waals surface area contributed by atoms with Gasteiger partial charge in [0.05, 0.1) is 0 Å². The summed E-state index contributed by atoms with van der Waals surface area (Å²) in [6.07, 6.45) is 1.92. The van der Waals surface area contributed by atoms with Crippen LogP contribution in [0.5, 0.6) is 0 Å². The molecular weight excluding hydrogens is 260 g/mol. The Morgan fingerprint density at radius 2 is 1.71 bits per heavy atom. The summed E-state index contributed by atoms with van der Waals surface area (Å²) < 4.78 is 0. The number of hydrogen-bond donors (Lipinski definition) is 2. The van der Waals surface area contributed by atoms with E-state index in [4.69, 9.17) is 0 Å². The third-order valence-corrected chi connectivity index (χ3v) is 3.67. The summed E-state index contributed by atoms with van der Waals surface area (Å²) in [5, 5.41) is 6.57. The number of nitrogens with zero attached hydrogens (tertiary/aromatic N) is 2. The average Bonchev–Trinajstić information content (AvgIpc) is 2.46. The van der Waals surface area contributed by atoms with Gasteiger partial charge in [0.2, 0.25) is 0 Å². The van der Waals surface area contributed by atoms with Gasteiger partial charge >= 0.3 is 0 Å². The number of anilines is 3. The van der Waals surface area contributed by atoms with Crippen LogP contribution in [0.3, 0.4) is 0 Å². The topological polar surface area (TPSA) is 49.8 Å². The Bertz CT molecular complexity index is 635. The van der Waals surface area contributed by atoms with E-state index >= 15 is 0 Å². The van der Waals surface area contributed by atoms with Crippen LogP contribution in [-0.4, -0.2) is 17.0 Å². The van der Waals surface area contributed by atoms with Crippen LogP contribution in [-0.2, 0) is 6.42 Å². The fraction of sp³-hybridized carbons (Fsp3) is 0.412. The number of benzene rings is 1. The van der Waals surface area contributed by atoms with E-state index < -0.39 is 0 Å². The zero-order valence-electron chi connectivity index (χ0n) is 13.5. The van der Waals surface area contributed by atoms with Crippen LogP contribution in [0.4, 0.5) is 17.3 Å². The molecule has 0 radical (unpaired) electrons.